The zero-order chi connectivity index (χ0) is 21.9. The molecule has 0 bridgehead atoms. The van der Waals surface area contributed by atoms with Crippen LogP contribution in [0.4, 0.5) is 0 Å². The molecule has 4 nitrogen and oxygen atoms in total. The van der Waals surface area contributed by atoms with E-state index in [0.717, 1.165) is 19.3 Å². The lowest BCUT2D eigenvalue weighted by Gasteiger charge is -2.32. The monoisotopic (exact) mass is 423 g/mol. The quantitative estimate of drug-likeness (QED) is 0.318. The number of unbranched alkanes of at least 4 members (excludes halogenated alkanes) is 5. The molecule has 2 unspecified atom stereocenters. The first kappa shape index (κ1) is 25.9. The fourth-order valence-electron chi connectivity index (χ4n) is 3.68. The third-order valence-electron chi connectivity index (χ3n) is 5.14. The zero-order valence-electron chi connectivity index (χ0n) is 19.1. The van der Waals surface area contributed by atoms with Crippen molar-refractivity contribution < 1.29 is 14.5 Å². The van der Waals surface area contributed by atoms with Gasteiger partial charge in [-0.1, -0.05) is 97.1 Å². The van der Waals surface area contributed by atoms with Gasteiger partial charge < -0.3 is 14.6 Å². The van der Waals surface area contributed by atoms with Crippen molar-refractivity contribution >= 4 is 18.4 Å². The molecular formula is C24H42NO3P. The van der Waals surface area contributed by atoms with Crippen LogP contribution >= 0.6 is 7.14 Å². The van der Waals surface area contributed by atoms with Gasteiger partial charge in [-0.15, -0.1) is 0 Å². The van der Waals surface area contributed by atoms with Crippen LogP contribution in [-0.4, -0.2) is 41.0 Å². The summed E-state index contributed by atoms with van der Waals surface area (Å²) in [5, 5.41) is 11.7. The van der Waals surface area contributed by atoms with Gasteiger partial charge in [0.25, 0.3) is 5.91 Å². The zero-order valence-corrected chi connectivity index (χ0v) is 20.0. The summed E-state index contributed by atoms with van der Waals surface area (Å²) in [7, 11) is -3.25. The molecule has 29 heavy (non-hydrogen) atoms. The fraction of sp³-hybridized carbons (Fsp3) is 0.708. The van der Waals surface area contributed by atoms with E-state index in [1.54, 1.807) is 17.0 Å². The normalized spacial score (nSPS) is 14.8. The predicted molar refractivity (Wildman–Crippen MR) is 124 cm³/mol. The van der Waals surface area contributed by atoms with Crippen LogP contribution in [-0.2, 0) is 9.36 Å². The summed E-state index contributed by atoms with van der Waals surface area (Å²) in [6.07, 6.45) is 6.85. The average molecular weight is 424 g/mol. The van der Waals surface area contributed by atoms with Crippen LogP contribution in [0.3, 0.4) is 0 Å². The molecule has 0 fully saturated rings. The first-order chi connectivity index (χ1) is 13.7. The maximum absolute atomic E-state index is 14.0. The third kappa shape index (κ3) is 8.64. The third-order valence-corrected chi connectivity index (χ3v) is 8.30. The predicted octanol–water partition coefficient (Wildman–Crippen LogP) is 5.49. The molecule has 0 aliphatic heterocycles. The van der Waals surface area contributed by atoms with Crippen molar-refractivity contribution in [3.8, 4) is 0 Å². The first-order valence-corrected chi connectivity index (χ1v) is 13.3. The van der Waals surface area contributed by atoms with Gasteiger partial charge >= 0.3 is 0 Å². The molecule has 0 aliphatic rings. The van der Waals surface area contributed by atoms with E-state index >= 15 is 0 Å². The second kappa shape index (κ2) is 13.2. The highest BCUT2D eigenvalue weighted by Crippen LogP contribution is 2.50. The highest BCUT2D eigenvalue weighted by molar-refractivity contribution is 7.72. The van der Waals surface area contributed by atoms with Crippen molar-refractivity contribution in [3.63, 3.8) is 0 Å². The van der Waals surface area contributed by atoms with Gasteiger partial charge in [0.1, 0.15) is 0 Å². The maximum atomic E-state index is 14.0. The highest BCUT2D eigenvalue weighted by Gasteiger charge is 2.40. The molecule has 1 amide bonds. The van der Waals surface area contributed by atoms with Gasteiger partial charge in [0.15, 0.2) is 13.0 Å². The van der Waals surface area contributed by atoms with Gasteiger partial charge in [-0.2, -0.15) is 0 Å². The topological polar surface area (TPSA) is 57.6 Å². The molecule has 0 aromatic heterocycles. The summed E-state index contributed by atoms with van der Waals surface area (Å²) in [4.78, 5) is 14.9. The van der Waals surface area contributed by atoms with Crippen molar-refractivity contribution in [2.45, 2.75) is 79.0 Å². The number of hydrogen-bond acceptors (Lipinski definition) is 3. The van der Waals surface area contributed by atoms with E-state index in [1.165, 1.54) is 19.3 Å². The van der Waals surface area contributed by atoms with Crippen LogP contribution in [0, 0.1) is 11.8 Å². The average Bonchev–Trinajstić information content (AvgIpc) is 2.68. The number of carbonyl (C=O) groups excluding carboxylic acids is 1. The van der Waals surface area contributed by atoms with E-state index in [-0.39, 0.29) is 5.91 Å². The van der Waals surface area contributed by atoms with Gasteiger partial charge in [-0.05, 0) is 18.3 Å². The molecular weight excluding hydrogens is 381 g/mol. The van der Waals surface area contributed by atoms with E-state index in [4.69, 9.17) is 0 Å². The molecule has 0 spiro atoms. The Bertz CT molecular complexity index is 620. The minimum absolute atomic E-state index is 0.291. The lowest BCUT2D eigenvalue weighted by molar-refractivity contribution is -0.137. The Hall–Kier alpha value is -1.12. The Morgan fingerprint density at radius 3 is 1.97 bits per heavy atom. The Morgan fingerprint density at radius 2 is 1.45 bits per heavy atom. The number of aliphatic hydroxyl groups is 1. The van der Waals surface area contributed by atoms with E-state index in [2.05, 4.69) is 34.6 Å². The Labute approximate surface area is 178 Å². The molecule has 166 valence electrons. The second-order valence-corrected chi connectivity index (χ2v) is 12.1. The van der Waals surface area contributed by atoms with Crippen LogP contribution in [0.15, 0.2) is 30.3 Å². The van der Waals surface area contributed by atoms with Crippen molar-refractivity contribution in [3.05, 3.63) is 30.3 Å². The number of nitrogens with zero attached hydrogens (tertiary/aromatic N) is 1. The number of rotatable bonds is 14. The Morgan fingerprint density at radius 1 is 0.931 bits per heavy atom. The molecule has 0 saturated heterocycles. The molecule has 1 aromatic rings. The van der Waals surface area contributed by atoms with Crippen LogP contribution < -0.4 is 5.30 Å². The van der Waals surface area contributed by atoms with Crippen LogP contribution in [0.25, 0.3) is 0 Å². The minimum Gasteiger partial charge on any atom is -0.376 e. The number of aliphatic hydroxyl groups excluding tert-OH is 1. The molecule has 0 heterocycles. The van der Waals surface area contributed by atoms with Crippen molar-refractivity contribution in [2.24, 2.45) is 11.8 Å². The second-order valence-electron chi connectivity index (χ2n) is 9.03. The fourth-order valence-corrected chi connectivity index (χ4v) is 6.35. The van der Waals surface area contributed by atoms with Crippen molar-refractivity contribution in [1.29, 1.82) is 0 Å². The van der Waals surface area contributed by atoms with Gasteiger partial charge in [-0.3, -0.25) is 4.79 Å². The van der Waals surface area contributed by atoms with E-state index < -0.39 is 13.0 Å². The lowest BCUT2D eigenvalue weighted by Crippen LogP contribution is -2.44. The largest absolute Gasteiger partial charge is 0.376 e. The SMILES string of the molecule is CCCCCCCCP(=O)(c1ccccc1)C(O)C(=O)N(CC(C)C)CC(C)C. The van der Waals surface area contributed by atoms with Crippen molar-refractivity contribution in [2.75, 3.05) is 19.3 Å². The lowest BCUT2D eigenvalue weighted by atomic mass is 10.1. The molecule has 1 aromatic carbocycles. The molecule has 5 heteroatoms. The number of carbonyl (C=O) groups is 1. The van der Waals surface area contributed by atoms with Gasteiger partial charge in [0, 0.05) is 24.6 Å². The van der Waals surface area contributed by atoms with E-state index in [1.807, 2.05) is 18.2 Å². The maximum Gasteiger partial charge on any atom is 0.259 e. The van der Waals surface area contributed by atoms with Crippen LogP contribution in [0.1, 0.15) is 73.1 Å². The van der Waals surface area contributed by atoms with Crippen LogP contribution in [0.2, 0.25) is 0 Å². The molecule has 0 radical (unpaired) electrons. The highest BCUT2D eigenvalue weighted by atomic mass is 31.2. The molecule has 0 saturated carbocycles. The number of hydrogen-bond donors (Lipinski definition) is 1. The van der Waals surface area contributed by atoms with E-state index in [0.29, 0.717) is 36.4 Å². The summed E-state index contributed by atoms with van der Waals surface area (Å²) < 4.78 is 14.0. The molecule has 2 atom stereocenters. The summed E-state index contributed by atoms with van der Waals surface area (Å²) in [6, 6.07) is 9.13. The van der Waals surface area contributed by atoms with Crippen LogP contribution in [0.5, 0.6) is 0 Å². The van der Waals surface area contributed by atoms with Gasteiger partial charge in [-0.25, -0.2) is 0 Å². The number of benzene rings is 1. The standard InChI is InChI=1S/C24H42NO3P/c1-6-7-8-9-10-14-17-29(28,22-15-12-11-13-16-22)24(27)23(26)25(18-20(2)3)19-21(4)5/h11-13,15-16,20-21,24,27H,6-10,14,17-19H2,1-5H3. The Kier molecular flexibility index (Phi) is 11.8. The molecule has 1 rings (SSSR count). The Balaban J connectivity index is 3.01. The van der Waals surface area contributed by atoms with E-state index in [9.17, 15) is 14.5 Å². The number of amides is 1. The summed E-state index contributed by atoms with van der Waals surface area (Å²) in [5.74, 6) is -1.26. The molecule has 1 N–H and O–H groups in total. The van der Waals surface area contributed by atoms with Crippen molar-refractivity contribution in [1.82, 2.24) is 4.90 Å². The van der Waals surface area contributed by atoms with Gasteiger partial charge in [0.2, 0.25) is 0 Å². The minimum atomic E-state index is -3.25. The van der Waals surface area contributed by atoms with Gasteiger partial charge in [0.05, 0.1) is 0 Å². The summed E-state index contributed by atoms with van der Waals surface area (Å²) in [5.41, 5.74) is 0. The smallest absolute Gasteiger partial charge is 0.259 e. The first-order valence-electron chi connectivity index (χ1n) is 11.3. The summed E-state index contributed by atoms with van der Waals surface area (Å²) in [6.45, 7) is 11.5. The molecule has 0 aliphatic carbocycles. The summed E-state index contributed by atoms with van der Waals surface area (Å²) >= 11 is 0.